The van der Waals surface area contributed by atoms with Crippen molar-refractivity contribution in [1.29, 1.82) is 0 Å². The van der Waals surface area contributed by atoms with Crippen LogP contribution in [-0.2, 0) is 16.6 Å². The Morgan fingerprint density at radius 2 is 2.04 bits per heavy atom. The van der Waals surface area contributed by atoms with Crippen LogP contribution in [0.25, 0.3) is 0 Å². The molecule has 1 N–H and O–H groups in total. The minimum Gasteiger partial charge on any atom is -0.334 e. The molecule has 1 aliphatic heterocycles. The SMILES string of the molecule is Cn1cc(NC(=O)C(=O)N2CCC(n3ccnc3)CC2)c(C(F)F)n1. The highest BCUT2D eigenvalue weighted by Gasteiger charge is 2.29. The van der Waals surface area contributed by atoms with Crippen LogP contribution in [0.2, 0.25) is 0 Å². The number of amides is 2. The maximum Gasteiger partial charge on any atom is 0.314 e. The number of alkyl halides is 2. The fourth-order valence-electron chi connectivity index (χ4n) is 2.94. The fraction of sp³-hybridized carbons (Fsp3) is 0.467. The Labute approximate surface area is 142 Å². The molecule has 8 nitrogen and oxygen atoms in total. The summed E-state index contributed by atoms with van der Waals surface area (Å²) in [4.78, 5) is 29.8. The van der Waals surface area contributed by atoms with Gasteiger partial charge >= 0.3 is 11.8 Å². The predicted octanol–water partition coefficient (Wildman–Crippen LogP) is 1.36. The predicted molar refractivity (Wildman–Crippen MR) is 83.9 cm³/mol. The molecule has 10 heteroatoms. The summed E-state index contributed by atoms with van der Waals surface area (Å²) in [7, 11) is 1.46. The number of piperidine rings is 1. The van der Waals surface area contributed by atoms with Crippen LogP contribution < -0.4 is 5.32 Å². The minimum absolute atomic E-state index is 0.149. The van der Waals surface area contributed by atoms with Crippen molar-refractivity contribution in [3.05, 3.63) is 30.6 Å². The Bertz CT molecular complexity index is 750. The van der Waals surface area contributed by atoms with E-state index in [2.05, 4.69) is 15.4 Å². The van der Waals surface area contributed by atoms with Gasteiger partial charge in [-0.1, -0.05) is 0 Å². The van der Waals surface area contributed by atoms with Crippen molar-refractivity contribution >= 4 is 17.5 Å². The van der Waals surface area contributed by atoms with Crippen molar-refractivity contribution in [2.24, 2.45) is 7.05 Å². The van der Waals surface area contributed by atoms with Crippen LogP contribution in [0.3, 0.4) is 0 Å². The van der Waals surface area contributed by atoms with Gasteiger partial charge in [-0.15, -0.1) is 0 Å². The van der Waals surface area contributed by atoms with Crippen molar-refractivity contribution < 1.29 is 18.4 Å². The lowest BCUT2D eigenvalue weighted by Crippen LogP contribution is -2.44. The van der Waals surface area contributed by atoms with Gasteiger partial charge in [0.15, 0.2) is 5.69 Å². The number of hydrogen-bond donors (Lipinski definition) is 1. The molecule has 0 saturated carbocycles. The molecular formula is C15H18F2N6O2. The Kier molecular flexibility index (Phi) is 4.77. The van der Waals surface area contributed by atoms with E-state index in [0.29, 0.717) is 25.9 Å². The molecule has 1 aliphatic rings. The first-order valence-electron chi connectivity index (χ1n) is 7.85. The lowest BCUT2D eigenvalue weighted by atomic mass is 10.0. The molecule has 0 aromatic carbocycles. The fourth-order valence-corrected chi connectivity index (χ4v) is 2.94. The summed E-state index contributed by atoms with van der Waals surface area (Å²) >= 11 is 0. The van der Waals surface area contributed by atoms with Crippen molar-refractivity contribution in [3.8, 4) is 0 Å². The molecule has 3 heterocycles. The first-order chi connectivity index (χ1) is 12.0. The summed E-state index contributed by atoms with van der Waals surface area (Å²) in [6.07, 6.45) is 5.09. The maximum absolute atomic E-state index is 12.9. The molecule has 25 heavy (non-hydrogen) atoms. The van der Waals surface area contributed by atoms with Gasteiger partial charge < -0.3 is 14.8 Å². The normalized spacial score (nSPS) is 15.6. The first kappa shape index (κ1) is 17.1. The van der Waals surface area contributed by atoms with Crippen molar-refractivity contribution in [2.75, 3.05) is 18.4 Å². The molecule has 3 rings (SSSR count). The lowest BCUT2D eigenvalue weighted by Gasteiger charge is -2.32. The average Bonchev–Trinajstić information content (AvgIpc) is 3.24. The molecular weight excluding hydrogens is 334 g/mol. The second kappa shape index (κ2) is 6.99. The third-order valence-corrected chi connectivity index (χ3v) is 4.20. The molecule has 0 spiro atoms. The maximum atomic E-state index is 12.9. The van der Waals surface area contributed by atoms with Crippen LogP contribution in [0.5, 0.6) is 0 Å². The van der Waals surface area contributed by atoms with Gasteiger partial charge in [-0.3, -0.25) is 14.3 Å². The lowest BCUT2D eigenvalue weighted by molar-refractivity contribution is -0.144. The highest BCUT2D eigenvalue weighted by atomic mass is 19.3. The first-order valence-corrected chi connectivity index (χ1v) is 7.85. The van der Waals surface area contributed by atoms with Crippen LogP contribution in [0.15, 0.2) is 24.9 Å². The summed E-state index contributed by atoms with van der Waals surface area (Å²) in [5, 5.41) is 5.83. The quantitative estimate of drug-likeness (QED) is 0.845. The van der Waals surface area contributed by atoms with Gasteiger partial charge in [0.1, 0.15) is 0 Å². The number of rotatable bonds is 3. The Balaban J connectivity index is 1.59. The van der Waals surface area contributed by atoms with Gasteiger partial charge in [0.2, 0.25) is 0 Å². The summed E-state index contributed by atoms with van der Waals surface area (Å²) in [5.41, 5.74) is -0.702. The Morgan fingerprint density at radius 1 is 1.32 bits per heavy atom. The molecule has 1 saturated heterocycles. The number of nitrogens with one attached hydrogen (secondary N) is 1. The Morgan fingerprint density at radius 3 is 2.64 bits per heavy atom. The van der Waals surface area contributed by atoms with Crippen molar-refractivity contribution in [1.82, 2.24) is 24.2 Å². The van der Waals surface area contributed by atoms with Gasteiger partial charge in [-0.05, 0) is 12.8 Å². The zero-order chi connectivity index (χ0) is 18.0. The number of imidazole rings is 1. The summed E-state index contributed by atoms with van der Waals surface area (Å²) < 4.78 is 28.9. The smallest absolute Gasteiger partial charge is 0.314 e. The van der Waals surface area contributed by atoms with E-state index in [-0.39, 0.29) is 11.7 Å². The van der Waals surface area contributed by atoms with Crippen LogP contribution >= 0.6 is 0 Å². The second-order valence-electron chi connectivity index (χ2n) is 5.89. The van der Waals surface area contributed by atoms with E-state index in [4.69, 9.17) is 0 Å². The summed E-state index contributed by atoms with van der Waals surface area (Å²) in [6.45, 7) is 0.841. The third-order valence-electron chi connectivity index (χ3n) is 4.20. The Hall–Kier alpha value is -2.78. The van der Waals surface area contributed by atoms with Crippen molar-refractivity contribution in [2.45, 2.75) is 25.3 Å². The molecule has 1 fully saturated rings. The van der Waals surface area contributed by atoms with Crippen LogP contribution in [0, 0.1) is 0 Å². The van der Waals surface area contributed by atoms with Crippen LogP contribution in [0.4, 0.5) is 14.5 Å². The van der Waals surface area contributed by atoms with E-state index in [9.17, 15) is 18.4 Å². The van der Waals surface area contributed by atoms with Gasteiger partial charge in [0, 0.05) is 44.8 Å². The third kappa shape index (κ3) is 3.67. The molecule has 0 radical (unpaired) electrons. The number of halogens is 2. The number of nitrogens with zero attached hydrogens (tertiary/aromatic N) is 5. The van der Waals surface area contributed by atoms with E-state index in [1.807, 2.05) is 10.8 Å². The van der Waals surface area contributed by atoms with Crippen molar-refractivity contribution in [3.63, 3.8) is 0 Å². The van der Waals surface area contributed by atoms with Gasteiger partial charge in [-0.2, -0.15) is 5.10 Å². The second-order valence-corrected chi connectivity index (χ2v) is 5.89. The van der Waals surface area contributed by atoms with E-state index in [1.165, 1.54) is 18.1 Å². The standard InChI is InChI=1S/C15H18F2N6O2/c1-21-8-11(12(20-21)13(16)17)19-14(24)15(25)22-5-2-10(3-6-22)23-7-4-18-9-23/h4,7-10,13H,2-3,5-6H2,1H3,(H,19,24). The zero-order valence-electron chi connectivity index (χ0n) is 13.6. The van der Waals surface area contributed by atoms with Gasteiger partial charge in [-0.25, -0.2) is 13.8 Å². The molecule has 2 aromatic rings. The number of hydrogen-bond acceptors (Lipinski definition) is 4. The number of carbonyl (C=O) groups is 2. The average molecular weight is 352 g/mol. The van der Waals surface area contributed by atoms with Gasteiger partial charge in [0.25, 0.3) is 6.43 Å². The summed E-state index contributed by atoms with van der Waals surface area (Å²) in [6, 6.07) is 0.235. The number of anilines is 1. The van der Waals surface area contributed by atoms with E-state index < -0.39 is 23.9 Å². The molecule has 2 aromatic heterocycles. The number of likely N-dealkylation sites (tertiary alicyclic amines) is 1. The number of aromatic nitrogens is 4. The van der Waals surface area contributed by atoms with Crippen LogP contribution in [-0.4, -0.2) is 49.1 Å². The number of carbonyl (C=O) groups excluding carboxylic acids is 2. The molecule has 0 unspecified atom stereocenters. The highest BCUT2D eigenvalue weighted by Crippen LogP contribution is 2.26. The van der Waals surface area contributed by atoms with Gasteiger partial charge in [0.05, 0.1) is 12.0 Å². The zero-order valence-corrected chi connectivity index (χ0v) is 13.6. The molecule has 134 valence electrons. The summed E-state index contributed by atoms with van der Waals surface area (Å²) in [5.74, 6) is -1.66. The molecule has 0 aliphatic carbocycles. The topological polar surface area (TPSA) is 85.0 Å². The number of aryl methyl sites for hydroxylation is 1. The molecule has 2 amide bonds. The molecule has 0 bridgehead atoms. The molecule has 0 atom stereocenters. The van der Waals surface area contributed by atoms with E-state index in [0.717, 1.165) is 4.68 Å². The van der Waals surface area contributed by atoms with Crippen LogP contribution in [0.1, 0.15) is 31.0 Å². The minimum atomic E-state index is -2.84. The van der Waals surface area contributed by atoms with E-state index >= 15 is 0 Å². The van der Waals surface area contributed by atoms with E-state index in [1.54, 1.807) is 12.5 Å². The highest BCUT2D eigenvalue weighted by molar-refractivity contribution is 6.39. The largest absolute Gasteiger partial charge is 0.334 e. The monoisotopic (exact) mass is 352 g/mol.